The topological polar surface area (TPSA) is 86.9 Å². The number of nitrogens with one attached hydrogen (secondary N) is 2. The van der Waals surface area contributed by atoms with Gasteiger partial charge in [0.2, 0.25) is 0 Å². The molecule has 2 N–H and O–H groups in total. The normalized spacial score (nSPS) is 18.4. The number of carbonyl (C=O) groups excluding carboxylic acids is 2. The van der Waals surface area contributed by atoms with Gasteiger partial charge >= 0.3 is 0 Å². The Hall–Kier alpha value is -3.58. The van der Waals surface area contributed by atoms with Crippen LogP contribution in [0.15, 0.2) is 76.4 Å². The molecule has 2 amide bonds. The van der Waals surface area contributed by atoms with E-state index in [1.807, 2.05) is 36.4 Å². The number of anilines is 1. The first kappa shape index (κ1) is 22.2. The molecule has 5 rings (SSSR count). The van der Waals surface area contributed by atoms with Crippen molar-refractivity contribution in [2.75, 3.05) is 5.32 Å². The van der Waals surface area contributed by atoms with Crippen LogP contribution >= 0.6 is 11.6 Å². The van der Waals surface area contributed by atoms with E-state index in [9.17, 15) is 9.59 Å². The molecule has 1 fully saturated rings. The highest BCUT2D eigenvalue weighted by Crippen LogP contribution is 2.34. The van der Waals surface area contributed by atoms with Gasteiger partial charge in [-0.05, 0) is 67.8 Å². The van der Waals surface area contributed by atoms with Crippen molar-refractivity contribution in [3.8, 4) is 0 Å². The van der Waals surface area contributed by atoms with Gasteiger partial charge in [-0.3, -0.25) is 9.59 Å². The molecule has 1 aromatic heterocycles. The first-order valence-electron chi connectivity index (χ1n) is 11.4. The van der Waals surface area contributed by atoms with E-state index in [1.165, 1.54) is 5.01 Å². The number of furan rings is 1. The first-order chi connectivity index (χ1) is 16.5. The van der Waals surface area contributed by atoms with E-state index in [4.69, 9.17) is 16.0 Å². The molecule has 7 nitrogen and oxygen atoms in total. The molecule has 2 atom stereocenters. The number of benzene rings is 2. The molecule has 174 valence electrons. The number of amides is 2. The summed E-state index contributed by atoms with van der Waals surface area (Å²) in [6.07, 6.45) is 4.18. The van der Waals surface area contributed by atoms with Gasteiger partial charge in [-0.2, -0.15) is 5.10 Å². The molecule has 1 saturated carbocycles. The number of rotatable bonds is 7. The van der Waals surface area contributed by atoms with Crippen molar-refractivity contribution in [3.63, 3.8) is 0 Å². The molecule has 0 saturated heterocycles. The predicted octanol–water partition coefficient (Wildman–Crippen LogP) is 5.00. The summed E-state index contributed by atoms with van der Waals surface area (Å²) in [5, 5.41) is 13.0. The molecular weight excluding hydrogens is 452 g/mol. The third-order valence-electron chi connectivity index (χ3n) is 5.98. The Bertz CT molecular complexity index is 1220. The zero-order chi connectivity index (χ0) is 23.7. The van der Waals surface area contributed by atoms with E-state index in [-0.39, 0.29) is 23.9 Å². The number of hydrazone groups is 1. The fraction of sp³-hybridized carbons (Fsp3) is 0.269. The van der Waals surface area contributed by atoms with Gasteiger partial charge in [0.05, 0.1) is 12.0 Å². The lowest BCUT2D eigenvalue weighted by Crippen LogP contribution is -2.38. The van der Waals surface area contributed by atoms with Gasteiger partial charge in [0.15, 0.2) is 0 Å². The number of carbonyl (C=O) groups is 2. The van der Waals surface area contributed by atoms with Crippen LogP contribution in [0.25, 0.3) is 0 Å². The van der Waals surface area contributed by atoms with Gasteiger partial charge in [-0.15, -0.1) is 0 Å². The highest BCUT2D eigenvalue weighted by atomic mass is 35.5. The molecule has 0 unspecified atom stereocenters. The summed E-state index contributed by atoms with van der Waals surface area (Å²) in [5.74, 6) is 0.380. The SMILES string of the molecule is C[C@@H](Nc1cccc(C(=O)NC2CC2)c1)C(=O)N1N=C(c2ccc(Cl)cc2)C[C@H]1c1ccco1. The average molecular weight is 477 g/mol. The van der Waals surface area contributed by atoms with Crippen molar-refractivity contribution in [1.29, 1.82) is 0 Å². The highest BCUT2D eigenvalue weighted by molar-refractivity contribution is 6.30. The molecule has 3 aromatic rings. The zero-order valence-electron chi connectivity index (χ0n) is 18.7. The van der Waals surface area contributed by atoms with Crippen molar-refractivity contribution in [3.05, 3.63) is 88.8 Å². The number of hydrogen-bond donors (Lipinski definition) is 2. The largest absolute Gasteiger partial charge is 0.467 e. The Labute approximate surface area is 202 Å². The summed E-state index contributed by atoms with van der Waals surface area (Å²) >= 11 is 6.03. The van der Waals surface area contributed by atoms with Crippen LogP contribution in [0.2, 0.25) is 5.02 Å². The first-order valence-corrected chi connectivity index (χ1v) is 11.7. The fourth-order valence-electron chi connectivity index (χ4n) is 3.99. The van der Waals surface area contributed by atoms with Gasteiger partial charge in [-0.1, -0.05) is 29.8 Å². The van der Waals surface area contributed by atoms with Gasteiger partial charge in [0.25, 0.3) is 11.8 Å². The van der Waals surface area contributed by atoms with Crippen molar-refractivity contribution in [1.82, 2.24) is 10.3 Å². The third kappa shape index (κ3) is 4.84. The van der Waals surface area contributed by atoms with Crippen LogP contribution < -0.4 is 10.6 Å². The van der Waals surface area contributed by atoms with Crippen LogP contribution in [0.5, 0.6) is 0 Å². The van der Waals surface area contributed by atoms with Crippen LogP contribution in [-0.2, 0) is 4.79 Å². The van der Waals surface area contributed by atoms with E-state index in [0.717, 1.165) is 24.1 Å². The van der Waals surface area contributed by atoms with Crippen LogP contribution in [-0.4, -0.2) is 34.6 Å². The minimum atomic E-state index is -0.576. The van der Waals surface area contributed by atoms with Crippen molar-refractivity contribution < 1.29 is 14.0 Å². The summed E-state index contributed by atoms with van der Waals surface area (Å²) in [6, 6.07) is 17.6. The maximum Gasteiger partial charge on any atom is 0.265 e. The van der Waals surface area contributed by atoms with Gasteiger partial charge in [0, 0.05) is 28.7 Å². The van der Waals surface area contributed by atoms with Crippen LogP contribution in [0.3, 0.4) is 0 Å². The maximum atomic E-state index is 13.5. The van der Waals surface area contributed by atoms with Crippen molar-refractivity contribution in [2.45, 2.75) is 44.3 Å². The molecule has 1 aliphatic carbocycles. The molecule has 1 aliphatic heterocycles. The van der Waals surface area contributed by atoms with Crippen LogP contribution in [0.1, 0.15) is 53.9 Å². The number of hydrogen-bond acceptors (Lipinski definition) is 5. The Kier molecular flexibility index (Phi) is 6.11. The summed E-state index contributed by atoms with van der Waals surface area (Å²) in [7, 11) is 0. The third-order valence-corrected chi connectivity index (χ3v) is 6.23. The molecule has 0 spiro atoms. The lowest BCUT2D eigenvalue weighted by Gasteiger charge is -2.24. The van der Waals surface area contributed by atoms with Crippen molar-refractivity contribution in [2.24, 2.45) is 5.10 Å². The van der Waals surface area contributed by atoms with E-state index in [1.54, 1.807) is 37.5 Å². The lowest BCUT2D eigenvalue weighted by molar-refractivity contribution is -0.133. The summed E-state index contributed by atoms with van der Waals surface area (Å²) in [4.78, 5) is 25.9. The molecule has 2 aliphatic rings. The molecule has 2 heterocycles. The monoisotopic (exact) mass is 476 g/mol. The van der Waals surface area contributed by atoms with E-state index >= 15 is 0 Å². The van der Waals surface area contributed by atoms with Gasteiger partial charge in [-0.25, -0.2) is 5.01 Å². The standard InChI is InChI=1S/C26H25ClN4O3/c1-16(28-21-5-2-4-18(14-21)25(32)29-20-11-12-20)26(33)31-23(24-6-3-13-34-24)15-22(30-31)17-7-9-19(27)10-8-17/h2-10,13-14,16,20,23,28H,11-12,15H2,1H3,(H,29,32)/t16-,23+/m1/s1. The minimum Gasteiger partial charge on any atom is -0.467 e. The number of nitrogens with zero attached hydrogens (tertiary/aromatic N) is 2. The smallest absolute Gasteiger partial charge is 0.265 e. The molecular formula is C26H25ClN4O3. The summed E-state index contributed by atoms with van der Waals surface area (Å²) in [5.41, 5.74) is 2.96. The lowest BCUT2D eigenvalue weighted by atomic mass is 10.0. The molecule has 0 radical (unpaired) electrons. The second kappa shape index (κ2) is 9.35. The minimum absolute atomic E-state index is 0.0974. The fourth-order valence-corrected chi connectivity index (χ4v) is 4.12. The maximum absolute atomic E-state index is 13.5. The summed E-state index contributed by atoms with van der Waals surface area (Å²) in [6.45, 7) is 1.79. The number of halogens is 1. The van der Waals surface area contributed by atoms with Crippen LogP contribution in [0.4, 0.5) is 5.69 Å². The average Bonchev–Trinajstić information content (AvgIpc) is 3.31. The Balaban J connectivity index is 1.34. The highest BCUT2D eigenvalue weighted by Gasteiger charge is 2.36. The second-order valence-corrected chi connectivity index (χ2v) is 9.10. The molecule has 8 heteroatoms. The molecule has 34 heavy (non-hydrogen) atoms. The predicted molar refractivity (Wildman–Crippen MR) is 131 cm³/mol. The molecule has 2 aromatic carbocycles. The second-order valence-electron chi connectivity index (χ2n) is 8.67. The van der Waals surface area contributed by atoms with Gasteiger partial charge in [0.1, 0.15) is 17.8 Å². The van der Waals surface area contributed by atoms with Crippen LogP contribution in [0, 0.1) is 0 Å². The van der Waals surface area contributed by atoms with Gasteiger partial charge < -0.3 is 15.1 Å². The Morgan fingerprint density at radius 1 is 1.12 bits per heavy atom. The van der Waals surface area contributed by atoms with E-state index in [0.29, 0.717) is 28.5 Å². The van der Waals surface area contributed by atoms with Crippen molar-refractivity contribution >= 4 is 34.8 Å². The molecule has 0 bridgehead atoms. The summed E-state index contributed by atoms with van der Waals surface area (Å²) < 4.78 is 5.62. The van der Waals surface area contributed by atoms with E-state index in [2.05, 4.69) is 15.7 Å². The Morgan fingerprint density at radius 3 is 2.62 bits per heavy atom. The Morgan fingerprint density at radius 2 is 1.91 bits per heavy atom. The van der Waals surface area contributed by atoms with E-state index < -0.39 is 6.04 Å². The quantitative estimate of drug-likeness (QED) is 0.502. The zero-order valence-corrected chi connectivity index (χ0v) is 19.5.